The van der Waals surface area contributed by atoms with E-state index in [4.69, 9.17) is 5.73 Å². The van der Waals surface area contributed by atoms with Crippen LogP contribution in [0.3, 0.4) is 0 Å². The Labute approximate surface area is 69.9 Å². The van der Waals surface area contributed by atoms with Gasteiger partial charge < -0.3 is 5.73 Å². The van der Waals surface area contributed by atoms with Crippen molar-refractivity contribution in [3.63, 3.8) is 0 Å². The lowest BCUT2D eigenvalue weighted by atomic mass is 10.1. The van der Waals surface area contributed by atoms with E-state index in [9.17, 15) is 13.2 Å². The molecule has 0 aliphatic rings. The molecule has 0 aliphatic heterocycles. The molecule has 11 heavy (non-hydrogen) atoms. The molecule has 0 spiro atoms. The summed E-state index contributed by atoms with van der Waals surface area (Å²) in [4.78, 5) is 0. The molecule has 2 N–H and O–H groups in total. The van der Waals surface area contributed by atoms with Crippen molar-refractivity contribution in [3.05, 3.63) is 12.2 Å². The van der Waals surface area contributed by atoms with Crippen LogP contribution in [-0.4, -0.2) is 12.2 Å². The van der Waals surface area contributed by atoms with Gasteiger partial charge in [-0.3, -0.25) is 0 Å². The summed E-state index contributed by atoms with van der Waals surface area (Å²) < 4.78 is 34.9. The van der Waals surface area contributed by atoms with Crippen molar-refractivity contribution in [1.82, 2.24) is 0 Å². The second kappa shape index (κ2) is 4.62. The maximum atomic E-state index is 11.6. The van der Waals surface area contributed by atoms with E-state index >= 15 is 0 Å². The van der Waals surface area contributed by atoms with Crippen LogP contribution in [0.2, 0.25) is 0 Å². The number of rotatable bonds is 2. The Balaban J connectivity index is 0. The van der Waals surface area contributed by atoms with Gasteiger partial charge >= 0.3 is 6.18 Å². The van der Waals surface area contributed by atoms with Gasteiger partial charge in [-0.05, 0) is 13.3 Å². The highest BCUT2D eigenvalue weighted by atomic mass is 35.5. The van der Waals surface area contributed by atoms with Gasteiger partial charge in [-0.1, -0.05) is 5.57 Å². The highest BCUT2D eigenvalue weighted by Crippen LogP contribution is 2.22. The minimum absolute atomic E-state index is 0. The first-order valence-corrected chi connectivity index (χ1v) is 2.80. The summed E-state index contributed by atoms with van der Waals surface area (Å²) in [6.45, 7) is 4.85. The number of nitrogens with two attached hydrogens (primary N) is 1. The Bertz CT molecular complexity index is 132. The predicted molar refractivity (Wildman–Crippen MR) is 40.7 cm³/mol. The van der Waals surface area contributed by atoms with Gasteiger partial charge in [0.05, 0.1) is 0 Å². The first kappa shape index (κ1) is 13.4. The summed E-state index contributed by atoms with van der Waals surface area (Å²) in [5.74, 6) is 0. The molecule has 0 aliphatic carbocycles. The van der Waals surface area contributed by atoms with Gasteiger partial charge in [-0.2, -0.15) is 13.2 Å². The van der Waals surface area contributed by atoms with Crippen molar-refractivity contribution in [2.24, 2.45) is 5.73 Å². The summed E-state index contributed by atoms with van der Waals surface area (Å²) in [5, 5.41) is 0. The molecule has 0 saturated carbocycles. The number of hydrogen-bond acceptors (Lipinski definition) is 1. The molecule has 0 radical (unpaired) electrons. The van der Waals surface area contributed by atoms with E-state index in [1.54, 1.807) is 0 Å². The zero-order chi connectivity index (χ0) is 8.36. The molecule has 0 aromatic heterocycles. The second-order valence-corrected chi connectivity index (χ2v) is 2.31. The largest absolute Gasteiger partial charge is 0.403 e. The van der Waals surface area contributed by atoms with Gasteiger partial charge in [0.1, 0.15) is 6.04 Å². The Morgan fingerprint density at radius 3 is 2.00 bits per heavy atom. The van der Waals surface area contributed by atoms with Crippen LogP contribution in [-0.2, 0) is 0 Å². The Morgan fingerprint density at radius 1 is 1.55 bits per heavy atom. The van der Waals surface area contributed by atoms with Crippen LogP contribution in [0.5, 0.6) is 0 Å². The van der Waals surface area contributed by atoms with E-state index in [1.165, 1.54) is 6.92 Å². The number of hydrogen-bond donors (Lipinski definition) is 1. The summed E-state index contributed by atoms with van der Waals surface area (Å²) in [6, 6.07) is -1.76. The van der Waals surface area contributed by atoms with E-state index in [0.29, 0.717) is 5.57 Å². The molecule has 0 bridgehead atoms. The highest BCUT2D eigenvalue weighted by Gasteiger charge is 2.36. The fourth-order valence-corrected chi connectivity index (χ4v) is 0.491. The maximum Gasteiger partial charge on any atom is 0.403 e. The van der Waals surface area contributed by atoms with Crippen molar-refractivity contribution in [1.29, 1.82) is 0 Å². The topological polar surface area (TPSA) is 26.0 Å². The Morgan fingerprint density at radius 2 is 1.91 bits per heavy atom. The van der Waals surface area contributed by atoms with Crippen LogP contribution in [0.1, 0.15) is 13.3 Å². The molecular formula is C6H11ClF3N. The fraction of sp³-hybridized carbons (Fsp3) is 0.667. The third kappa shape index (κ3) is 6.19. The minimum Gasteiger partial charge on any atom is -0.320 e. The molecular weight excluding hydrogens is 179 g/mol. The third-order valence-electron chi connectivity index (χ3n) is 0.989. The van der Waals surface area contributed by atoms with E-state index < -0.39 is 12.2 Å². The lowest BCUT2D eigenvalue weighted by Gasteiger charge is -2.14. The predicted octanol–water partition coefficient (Wildman–Crippen LogP) is 2.26. The lowest BCUT2D eigenvalue weighted by molar-refractivity contribution is -0.147. The highest BCUT2D eigenvalue weighted by molar-refractivity contribution is 5.85. The molecule has 0 amide bonds. The van der Waals surface area contributed by atoms with Gasteiger partial charge in [0.15, 0.2) is 0 Å². The summed E-state index contributed by atoms with van der Waals surface area (Å²) in [7, 11) is 0. The second-order valence-electron chi connectivity index (χ2n) is 2.31. The van der Waals surface area contributed by atoms with Crippen LogP contribution in [0.4, 0.5) is 13.2 Å². The van der Waals surface area contributed by atoms with E-state index in [0.717, 1.165) is 0 Å². The van der Waals surface area contributed by atoms with Gasteiger partial charge in [0.25, 0.3) is 0 Å². The summed E-state index contributed by atoms with van der Waals surface area (Å²) in [5.41, 5.74) is 5.21. The minimum atomic E-state index is -4.29. The van der Waals surface area contributed by atoms with Crippen molar-refractivity contribution in [2.75, 3.05) is 0 Å². The maximum absolute atomic E-state index is 11.6. The average Bonchev–Trinajstić information content (AvgIpc) is 1.60. The summed E-state index contributed by atoms with van der Waals surface area (Å²) in [6.07, 6.45) is -4.48. The quantitative estimate of drug-likeness (QED) is 0.663. The van der Waals surface area contributed by atoms with Crippen LogP contribution >= 0.6 is 12.4 Å². The number of halogens is 4. The SMILES string of the molecule is C=C(C)C[C@@H](N)C(F)(F)F.Cl. The Kier molecular flexibility index (Phi) is 5.61. The molecule has 0 unspecified atom stereocenters. The smallest absolute Gasteiger partial charge is 0.320 e. The van der Waals surface area contributed by atoms with Crippen LogP contribution < -0.4 is 5.73 Å². The average molecular weight is 190 g/mol. The molecule has 1 nitrogen and oxygen atoms in total. The molecule has 5 heteroatoms. The summed E-state index contributed by atoms with van der Waals surface area (Å²) >= 11 is 0. The first-order valence-electron chi connectivity index (χ1n) is 2.80. The monoisotopic (exact) mass is 189 g/mol. The standard InChI is InChI=1S/C6H10F3N.ClH/c1-4(2)3-5(10)6(7,8)9;/h5H,1,3,10H2,2H3;1H/t5-;/m1./s1. The fourth-order valence-electron chi connectivity index (χ4n) is 0.491. The van der Waals surface area contributed by atoms with Gasteiger partial charge in [-0.25, -0.2) is 0 Å². The van der Waals surface area contributed by atoms with Crippen LogP contribution in [0.25, 0.3) is 0 Å². The van der Waals surface area contributed by atoms with Crippen molar-refractivity contribution < 1.29 is 13.2 Å². The van der Waals surface area contributed by atoms with Crippen molar-refractivity contribution >= 4 is 12.4 Å². The molecule has 0 heterocycles. The third-order valence-corrected chi connectivity index (χ3v) is 0.989. The van der Waals surface area contributed by atoms with E-state index in [2.05, 4.69) is 6.58 Å². The first-order chi connectivity index (χ1) is 4.34. The van der Waals surface area contributed by atoms with Crippen LogP contribution in [0, 0.1) is 0 Å². The zero-order valence-corrected chi connectivity index (χ0v) is 6.93. The van der Waals surface area contributed by atoms with Crippen LogP contribution in [0.15, 0.2) is 12.2 Å². The molecule has 0 saturated heterocycles. The molecule has 68 valence electrons. The lowest BCUT2D eigenvalue weighted by Crippen LogP contribution is -2.37. The van der Waals surface area contributed by atoms with E-state index in [1.807, 2.05) is 0 Å². The molecule has 1 atom stereocenters. The molecule has 0 aromatic carbocycles. The Hall–Kier alpha value is -0.220. The van der Waals surface area contributed by atoms with Crippen molar-refractivity contribution in [3.8, 4) is 0 Å². The zero-order valence-electron chi connectivity index (χ0n) is 6.11. The number of alkyl halides is 3. The molecule has 0 fully saturated rings. The molecule has 0 rings (SSSR count). The van der Waals surface area contributed by atoms with Crippen molar-refractivity contribution in [2.45, 2.75) is 25.6 Å². The van der Waals surface area contributed by atoms with Gasteiger partial charge in [0, 0.05) is 0 Å². The van der Waals surface area contributed by atoms with E-state index in [-0.39, 0.29) is 18.8 Å². The van der Waals surface area contributed by atoms with Gasteiger partial charge in [0.2, 0.25) is 0 Å². The molecule has 0 aromatic rings. The normalized spacial score (nSPS) is 13.5. The van der Waals surface area contributed by atoms with Gasteiger partial charge in [-0.15, -0.1) is 19.0 Å².